The van der Waals surface area contributed by atoms with Gasteiger partial charge in [-0.05, 0) is 30.4 Å². The van der Waals surface area contributed by atoms with Crippen molar-refractivity contribution in [2.24, 2.45) is 5.92 Å². The molecule has 0 unspecified atom stereocenters. The molecule has 2 atom stereocenters. The van der Waals surface area contributed by atoms with E-state index >= 15 is 0 Å². The van der Waals surface area contributed by atoms with Crippen molar-refractivity contribution in [2.75, 3.05) is 26.7 Å². The van der Waals surface area contributed by atoms with Crippen LogP contribution in [0.3, 0.4) is 0 Å². The molecular formula is C20H24N2O3. The second-order valence-corrected chi connectivity index (χ2v) is 7.05. The molecule has 2 bridgehead atoms. The quantitative estimate of drug-likeness (QED) is 0.858. The molecule has 0 saturated carbocycles. The summed E-state index contributed by atoms with van der Waals surface area (Å²) in [5.74, 6) is 1.25. The van der Waals surface area contributed by atoms with Crippen LogP contribution >= 0.6 is 0 Å². The maximum Gasteiger partial charge on any atom is 0.289 e. The van der Waals surface area contributed by atoms with Crippen LogP contribution in [0, 0.1) is 5.92 Å². The summed E-state index contributed by atoms with van der Waals surface area (Å²) in [6, 6.07) is 14.4. The van der Waals surface area contributed by atoms with E-state index in [2.05, 4.69) is 35.2 Å². The number of carbonyl (C=O) groups excluding carboxylic acids is 1. The molecule has 0 aliphatic carbocycles. The molecule has 3 fully saturated rings. The van der Waals surface area contributed by atoms with Crippen molar-refractivity contribution in [3.05, 3.63) is 53.8 Å². The lowest BCUT2D eigenvalue weighted by atomic mass is 9.94. The van der Waals surface area contributed by atoms with Crippen molar-refractivity contribution in [3.8, 4) is 5.95 Å². The third-order valence-electron chi connectivity index (χ3n) is 5.34. The molecule has 5 nitrogen and oxygen atoms in total. The Bertz CT molecular complexity index is 728. The van der Waals surface area contributed by atoms with E-state index in [-0.39, 0.29) is 5.91 Å². The molecule has 3 aliphatic heterocycles. The number of piperidine rings is 1. The molecular weight excluding hydrogens is 316 g/mol. The summed E-state index contributed by atoms with van der Waals surface area (Å²) in [7, 11) is 1.54. The van der Waals surface area contributed by atoms with E-state index in [1.807, 2.05) is 4.90 Å². The highest BCUT2D eigenvalue weighted by molar-refractivity contribution is 5.91. The van der Waals surface area contributed by atoms with E-state index in [0.717, 1.165) is 32.6 Å². The molecule has 132 valence electrons. The number of fused-ring (bicyclic) bond motifs is 4. The van der Waals surface area contributed by atoms with Crippen molar-refractivity contribution in [2.45, 2.75) is 25.4 Å². The zero-order chi connectivity index (χ0) is 17.2. The molecule has 1 aromatic heterocycles. The predicted octanol–water partition coefficient (Wildman–Crippen LogP) is 3.02. The fourth-order valence-corrected chi connectivity index (χ4v) is 4.06. The first-order chi connectivity index (χ1) is 12.2. The minimum absolute atomic E-state index is 0.0261. The van der Waals surface area contributed by atoms with Crippen molar-refractivity contribution >= 4 is 5.91 Å². The minimum Gasteiger partial charge on any atom is -0.468 e. The normalized spacial score (nSPS) is 23.5. The monoisotopic (exact) mass is 340 g/mol. The molecule has 1 aromatic carbocycles. The Morgan fingerprint density at radius 3 is 2.72 bits per heavy atom. The van der Waals surface area contributed by atoms with Crippen molar-refractivity contribution < 1.29 is 13.9 Å². The van der Waals surface area contributed by atoms with Crippen LogP contribution in [0.1, 0.15) is 29.0 Å². The Hall–Kier alpha value is -2.27. The van der Waals surface area contributed by atoms with Crippen molar-refractivity contribution in [3.63, 3.8) is 0 Å². The van der Waals surface area contributed by atoms with Gasteiger partial charge in [-0.2, -0.15) is 0 Å². The lowest BCUT2D eigenvalue weighted by molar-refractivity contribution is 0.0698. The molecule has 3 aliphatic rings. The molecule has 5 heteroatoms. The Morgan fingerprint density at radius 2 is 1.96 bits per heavy atom. The van der Waals surface area contributed by atoms with Gasteiger partial charge in [0.2, 0.25) is 0 Å². The van der Waals surface area contributed by atoms with Crippen LogP contribution in [0.4, 0.5) is 0 Å². The van der Waals surface area contributed by atoms with E-state index < -0.39 is 0 Å². The molecule has 5 rings (SSSR count). The van der Waals surface area contributed by atoms with Crippen LogP contribution in [0.5, 0.6) is 5.95 Å². The second-order valence-electron chi connectivity index (χ2n) is 7.05. The zero-order valence-electron chi connectivity index (χ0n) is 14.6. The molecule has 2 aromatic rings. The molecule has 4 heterocycles. The van der Waals surface area contributed by atoms with Gasteiger partial charge in [0.15, 0.2) is 5.76 Å². The highest BCUT2D eigenvalue weighted by Gasteiger charge is 2.37. The summed E-state index contributed by atoms with van der Waals surface area (Å²) in [6.45, 7) is 3.60. The summed E-state index contributed by atoms with van der Waals surface area (Å²) in [4.78, 5) is 17.3. The predicted molar refractivity (Wildman–Crippen MR) is 94.5 cm³/mol. The van der Waals surface area contributed by atoms with Gasteiger partial charge in [-0.1, -0.05) is 30.3 Å². The fourth-order valence-electron chi connectivity index (χ4n) is 4.06. The van der Waals surface area contributed by atoms with Gasteiger partial charge in [0.1, 0.15) is 0 Å². The number of furan rings is 1. The third-order valence-corrected chi connectivity index (χ3v) is 5.34. The van der Waals surface area contributed by atoms with Crippen LogP contribution in [0.15, 0.2) is 46.9 Å². The first kappa shape index (κ1) is 16.2. The van der Waals surface area contributed by atoms with Crippen LogP contribution in [-0.4, -0.2) is 48.5 Å². The van der Waals surface area contributed by atoms with Gasteiger partial charge >= 0.3 is 0 Å². The number of hydrogen-bond donors (Lipinski definition) is 0. The lowest BCUT2D eigenvalue weighted by Gasteiger charge is -2.36. The van der Waals surface area contributed by atoms with Gasteiger partial charge in [-0.25, -0.2) is 0 Å². The fraction of sp³-hybridized carbons (Fsp3) is 0.450. The SMILES string of the molecule is COc1ccc(C(=O)N2C[C@H]3CC[C@@H](C2)N(Cc2ccccc2)C3)o1. The van der Waals surface area contributed by atoms with Crippen LogP contribution in [0.2, 0.25) is 0 Å². The number of benzene rings is 1. The Morgan fingerprint density at radius 1 is 1.12 bits per heavy atom. The van der Waals surface area contributed by atoms with Gasteiger partial charge in [-0.3, -0.25) is 9.69 Å². The van der Waals surface area contributed by atoms with Gasteiger partial charge in [-0.15, -0.1) is 0 Å². The van der Waals surface area contributed by atoms with Crippen LogP contribution in [0.25, 0.3) is 0 Å². The van der Waals surface area contributed by atoms with Gasteiger partial charge in [0, 0.05) is 38.3 Å². The first-order valence-electron chi connectivity index (χ1n) is 8.94. The lowest BCUT2D eigenvalue weighted by Crippen LogP contribution is -2.43. The molecule has 0 spiro atoms. The number of amides is 1. The number of methoxy groups -OCH3 is 1. The topological polar surface area (TPSA) is 45.9 Å². The van der Waals surface area contributed by atoms with E-state index in [9.17, 15) is 4.79 Å². The number of ether oxygens (including phenoxy) is 1. The number of nitrogens with zero attached hydrogens (tertiary/aromatic N) is 2. The molecule has 0 N–H and O–H groups in total. The highest BCUT2D eigenvalue weighted by atomic mass is 16.6. The summed E-state index contributed by atoms with van der Waals surface area (Å²) < 4.78 is 10.5. The summed E-state index contributed by atoms with van der Waals surface area (Å²) in [5.41, 5.74) is 1.34. The van der Waals surface area contributed by atoms with E-state index in [1.54, 1.807) is 19.2 Å². The first-order valence-corrected chi connectivity index (χ1v) is 8.94. The maximum atomic E-state index is 12.8. The van der Waals surface area contributed by atoms with E-state index in [1.165, 1.54) is 12.0 Å². The highest BCUT2D eigenvalue weighted by Crippen LogP contribution is 2.30. The van der Waals surface area contributed by atoms with Crippen molar-refractivity contribution in [1.82, 2.24) is 9.80 Å². The average Bonchev–Trinajstić information content (AvgIpc) is 2.95. The maximum absolute atomic E-state index is 12.8. The van der Waals surface area contributed by atoms with Crippen LogP contribution < -0.4 is 4.74 Å². The third kappa shape index (κ3) is 3.42. The van der Waals surface area contributed by atoms with Gasteiger partial charge in [0.25, 0.3) is 11.9 Å². The molecule has 25 heavy (non-hydrogen) atoms. The van der Waals surface area contributed by atoms with Gasteiger partial charge in [0.05, 0.1) is 7.11 Å². The standard InChI is InChI=1S/C20H24N2O3/c1-24-19-10-9-18(25-19)20(23)22-13-16-7-8-17(14-22)21(12-16)11-15-5-3-2-4-6-15/h2-6,9-10,16-17H,7-8,11-14H2,1H3/t16-,17-/m0/s1. The number of carbonyl (C=O) groups is 1. The Kier molecular flexibility index (Phi) is 4.49. The number of hydrogen-bond acceptors (Lipinski definition) is 4. The largest absolute Gasteiger partial charge is 0.468 e. The molecule has 0 radical (unpaired) electrons. The average molecular weight is 340 g/mol. The van der Waals surface area contributed by atoms with E-state index in [4.69, 9.17) is 9.15 Å². The molecule has 1 amide bonds. The second kappa shape index (κ2) is 6.92. The molecule has 3 saturated heterocycles. The zero-order valence-corrected chi connectivity index (χ0v) is 14.6. The Balaban J connectivity index is 1.48. The van der Waals surface area contributed by atoms with Gasteiger partial charge < -0.3 is 14.1 Å². The smallest absolute Gasteiger partial charge is 0.289 e. The summed E-state index contributed by atoms with van der Waals surface area (Å²) in [6.07, 6.45) is 2.35. The summed E-state index contributed by atoms with van der Waals surface area (Å²) in [5, 5.41) is 0. The van der Waals surface area contributed by atoms with Crippen LogP contribution in [-0.2, 0) is 6.54 Å². The van der Waals surface area contributed by atoms with Crippen molar-refractivity contribution in [1.29, 1.82) is 0 Å². The minimum atomic E-state index is -0.0261. The summed E-state index contributed by atoms with van der Waals surface area (Å²) >= 11 is 0. The Labute approximate surface area is 148 Å². The van der Waals surface area contributed by atoms with E-state index in [0.29, 0.717) is 23.7 Å². The number of rotatable bonds is 4.